The number of hydrogen-bond donors (Lipinski definition) is 0. The largest absolute Gasteiger partial charge is 0.469 e. The van der Waals surface area contributed by atoms with Crippen LogP contribution in [0.4, 0.5) is 0 Å². The van der Waals surface area contributed by atoms with Crippen LogP contribution < -0.4 is 0 Å². The molecule has 0 saturated carbocycles. The highest BCUT2D eigenvalue weighted by Gasteiger charge is 2.26. The van der Waals surface area contributed by atoms with Crippen molar-refractivity contribution >= 4 is 17.8 Å². The summed E-state index contributed by atoms with van der Waals surface area (Å²) in [7, 11) is 1.37. The first-order valence-corrected chi connectivity index (χ1v) is 11.9. The van der Waals surface area contributed by atoms with E-state index in [1.54, 1.807) is 0 Å². The van der Waals surface area contributed by atoms with E-state index < -0.39 is 0 Å². The van der Waals surface area contributed by atoms with Crippen molar-refractivity contribution in [3.05, 3.63) is 35.9 Å². The third kappa shape index (κ3) is 7.62. The number of ether oxygens (including phenoxy) is 1. The third-order valence-electron chi connectivity index (χ3n) is 6.61. The second-order valence-corrected chi connectivity index (χ2v) is 8.96. The maximum atomic E-state index is 12.7. The molecule has 2 amide bonds. The highest BCUT2D eigenvalue weighted by molar-refractivity contribution is 5.77. The Morgan fingerprint density at radius 1 is 0.906 bits per heavy atom. The van der Waals surface area contributed by atoms with Gasteiger partial charge in [-0.05, 0) is 37.2 Å². The van der Waals surface area contributed by atoms with Crippen molar-refractivity contribution in [2.24, 2.45) is 5.92 Å². The Hall–Kier alpha value is -2.41. The standard InChI is InChI=1S/C25H37N3O4/c1-32-25(31)11-5-10-23(29)28-14-6-9-22(20-28)12-13-24(30)27-17-15-26(16-18-27)19-21-7-3-2-4-8-21/h2-4,7-8,22H,5-6,9-20H2,1H3/t22-/m1/s1. The number of rotatable bonds is 9. The van der Waals surface area contributed by atoms with E-state index in [1.807, 2.05) is 15.9 Å². The summed E-state index contributed by atoms with van der Waals surface area (Å²) in [6, 6.07) is 10.5. The number of amides is 2. The van der Waals surface area contributed by atoms with E-state index in [9.17, 15) is 14.4 Å². The van der Waals surface area contributed by atoms with Gasteiger partial charge in [-0.1, -0.05) is 30.3 Å². The molecule has 2 heterocycles. The van der Waals surface area contributed by atoms with E-state index >= 15 is 0 Å². The molecule has 2 aliphatic rings. The van der Waals surface area contributed by atoms with Crippen LogP contribution in [0.15, 0.2) is 30.3 Å². The number of piperazine rings is 1. The van der Waals surface area contributed by atoms with Gasteiger partial charge >= 0.3 is 5.97 Å². The minimum absolute atomic E-state index is 0.111. The maximum absolute atomic E-state index is 12.7. The van der Waals surface area contributed by atoms with Gasteiger partial charge in [0.2, 0.25) is 11.8 Å². The van der Waals surface area contributed by atoms with Crippen molar-refractivity contribution in [1.29, 1.82) is 0 Å². The summed E-state index contributed by atoms with van der Waals surface area (Å²) in [6.07, 6.45) is 4.66. The van der Waals surface area contributed by atoms with Crippen LogP contribution in [-0.2, 0) is 25.7 Å². The highest BCUT2D eigenvalue weighted by atomic mass is 16.5. The minimum atomic E-state index is -0.270. The summed E-state index contributed by atoms with van der Waals surface area (Å²) in [5.74, 6) is 0.468. The summed E-state index contributed by atoms with van der Waals surface area (Å²) in [5.41, 5.74) is 1.31. The number of carbonyl (C=O) groups excluding carboxylic acids is 3. The monoisotopic (exact) mass is 443 g/mol. The molecule has 0 bridgehead atoms. The summed E-state index contributed by atoms with van der Waals surface area (Å²) < 4.78 is 4.63. The lowest BCUT2D eigenvalue weighted by atomic mass is 9.92. The van der Waals surface area contributed by atoms with Crippen LogP contribution in [0.1, 0.15) is 50.5 Å². The average molecular weight is 444 g/mol. The second kappa shape index (κ2) is 12.6. The molecule has 0 aromatic heterocycles. The van der Waals surface area contributed by atoms with Crippen molar-refractivity contribution in [2.75, 3.05) is 46.4 Å². The lowest BCUT2D eigenvalue weighted by molar-refractivity contribution is -0.141. The zero-order valence-corrected chi connectivity index (χ0v) is 19.3. The van der Waals surface area contributed by atoms with Crippen molar-refractivity contribution in [2.45, 2.75) is 51.5 Å². The van der Waals surface area contributed by atoms with E-state index in [2.05, 4.69) is 33.9 Å². The van der Waals surface area contributed by atoms with E-state index in [1.165, 1.54) is 12.7 Å². The number of benzene rings is 1. The van der Waals surface area contributed by atoms with Gasteiger partial charge in [0, 0.05) is 65.1 Å². The summed E-state index contributed by atoms with van der Waals surface area (Å²) >= 11 is 0. The van der Waals surface area contributed by atoms with E-state index in [-0.39, 0.29) is 24.2 Å². The molecule has 1 atom stereocenters. The molecule has 1 aromatic rings. The van der Waals surface area contributed by atoms with Crippen LogP contribution in [0.25, 0.3) is 0 Å². The Morgan fingerprint density at radius 3 is 2.34 bits per heavy atom. The van der Waals surface area contributed by atoms with Crippen LogP contribution in [0.3, 0.4) is 0 Å². The number of nitrogens with zero attached hydrogens (tertiary/aromatic N) is 3. The van der Waals surface area contributed by atoms with Crippen LogP contribution in [-0.4, -0.2) is 78.9 Å². The first-order valence-electron chi connectivity index (χ1n) is 11.9. The van der Waals surface area contributed by atoms with Crippen LogP contribution in [0, 0.1) is 5.92 Å². The Bertz CT molecular complexity index is 747. The zero-order chi connectivity index (χ0) is 22.8. The van der Waals surface area contributed by atoms with Crippen molar-refractivity contribution in [3.63, 3.8) is 0 Å². The molecule has 3 rings (SSSR count). The fourth-order valence-corrected chi connectivity index (χ4v) is 4.65. The quantitative estimate of drug-likeness (QED) is 0.549. The Kier molecular flexibility index (Phi) is 9.53. The van der Waals surface area contributed by atoms with Gasteiger partial charge in [0.15, 0.2) is 0 Å². The molecule has 2 fully saturated rings. The minimum Gasteiger partial charge on any atom is -0.469 e. The number of likely N-dealkylation sites (tertiary alicyclic amines) is 1. The summed E-state index contributed by atoms with van der Waals surface area (Å²) in [6.45, 7) is 5.87. The fourth-order valence-electron chi connectivity index (χ4n) is 4.65. The zero-order valence-electron chi connectivity index (χ0n) is 19.3. The molecule has 1 aromatic carbocycles. The normalized spacial score (nSPS) is 19.6. The molecule has 0 N–H and O–H groups in total. The van der Waals surface area contributed by atoms with Gasteiger partial charge in [0.1, 0.15) is 0 Å². The first kappa shape index (κ1) is 24.2. The maximum Gasteiger partial charge on any atom is 0.305 e. The summed E-state index contributed by atoms with van der Waals surface area (Å²) in [4.78, 5) is 42.7. The molecule has 32 heavy (non-hydrogen) atoms. The topological polar surface area (TPSA) is 70.2 Å². The molecule has 0 spiro atoms. The highest BCUT2D eigenvalue weighted by Crippen LogP contribution is 2.23. The van der Waals surface area contributed by atoms with E-state index in [0.29, 0.717) is 25.2 Å². The number of esters is 1. The second-order valence-electron chi connectivity index (χ2n) is 8.96. The Balaban J connectivity index is 1.34. The van der Waals surface area contributed by atoms with Gasteiger partial charge in [-0.25, -0.2) is 0 Å². The lowest BCUT2D eigenvalue weighted by Gasteiger charge is -2.36. The third-order valence-corrected chi connectivity index (χ3v) is 6.61. The summed E-state index contributed by atoms with van der Waals surface area (Å²) in [5, 5.41) is 0. The molecule has 0 unspecified atom stereocenters. The van der Waals surface area contributed by atoms with Crippen molar-refractivity contribution < 1.29 is 19.1 Å². The predicted octanol–water partition coefficient (Wildman–Crippen LogP) is 2.69. The number of methoxy groups -OCH3 is 1. The predicted molar refractivity (Wildman–Crippen MR) is 123 cm³/mol. The fraction of sp³-hybridized carbons (Fsp3) is 0.640. The number of carbonyl (C=O) groups is 3. The lowest BCUT2D eigenvalue weighted by Crippen LogP contribution is -2.48. The molecule has 2 aliphatic heterocycles. The van der Waals surface area contributed by atoms with E-state index in [4.69, 9.17) is 0 Å². The smallest absolute Gasteiger partial charge is 0.305 e. The van der Waals surface area contributed by atoms with Crippen LogP contribution >= 0.6 is 0 Å². The molecule has 0 aliphatic carbocycles. The molecule has 7 nitrogen and oxygen atoms in total. The molecule has 7 heteroatoms. The van der Waals surface area contributed by atoms with Gasteiger partial charge in [-0.3, -0.25) is 19.3 Å². The number of hydrogen-bond acceptors (Lipinski definition) is 5. The Labute approximate surface area is 191 Å². The van der Waals surface area contributed by atoms with Crippen molar-refractivity contribution in [3.8, 4) is 0 Å². The SMILES string of the molecule is COC(=O)CCCC(=O)N1CCC[C@H](CCC(=O)N2CCN(Cc3ccccc3)CC2)C1. The molecular weight excluding hydrogens is 406 g/mol. The van der Waals surface area contributed by atoms with Gasteiger partial charge in [-0.2, -0.15) is 0 Å². The van der Waals surface area contributed by atoms with Crippen LogP contribution in [0.2, 0.25) is 0 Å². The van der Waals surface area contributed by atoms with Gasteiger partial charge in [-0.15, -0.1) is 0 Å². The van der Waals surface area contributed by atoms with Crippen molar-refractivity contribution in [1.82, 2.24) is 14.7 Å². The van der Waals surface area contributed by atoms with Crippen LogP contribution in [0.5, 0.6) is 0 Å². The average Bonchev–Trinajstić information content (AvgIpc) is 2.83. The molecule has 2 saturated heterocycles. The molecule has 176 valence electrons. The Morgan fingerprint density at radius 2 is 1.62 bits per heavy atom. The first-order chi connectivity index (χ1) is 15.5. The van der Waals surface area contributed by atoms with Gasteiger partial charge in [0.05, 0.1) is 7.11 Å². The van der Waals surface area contributed by atoms with Gasteiger partial charge in [0.25, 0.3) is 0 Å². The molecule has 0 radical (unpaired) electrons. The molecular formula is C25H37N3O4. The van der Waals surface area contributed by atoms with E-state index in [0.717, 1.165) is 65.1 Å². The van der Waals surface area contributed by atoms with Gasteiger partial charge < -0.3 is 14.5 Å². The number of piperidine rings is 1.